The van der Waals surface area contributed by atoms with Gasteiger partial charge in [0.1, 0.15) is 93.1 Å². The van der Waals surface area contributed by atoms with Crippen molar-refractivity contribution in [1.29, 1.82) is 0 Å². The summed E-state index contributed by atoms with van der Waals surface area (Å²) in [7, 11) is 13.9. The zero-order chi connectivity index (χ0) is 72.7. The molecule has 0 aliphatic carbocycles. The first kappa shape index (κ1) is 81.6. The predicted molar refractivity (Wildman–Crippen MR) is 387 cm³/mol. The fourth-order valence-corrected chi connectivity index (χ4v) is 13.6. The Kier molecular flexibility index (Phi) is 32.1. The van der Waals surface area contributed by atoms with Gasteiger partial charge in [-0.1, -0.05) is 130 Å². The molecule has 4 heterocycles. The van der Waals surface area contributed by atoms with Gasteiger partial charge < -0.3 is 61.9 Å². The predicted octanol–water partition coefficient (Wildman–Crippen LogP) is 14.1. The standard InChI is InChI=1S/C35H43BO9P.C28H32O6P.C8H15BO3.C5H9ClO/c1-23(2)42-30-20-34(36)44-33(30)22-41-46(37)45-31-19-24(3)43-32(31)21-40-35(25-9-7-6-8-10-25,26-11-15-28(38-4)16-12-26)27-13-17-29(39-5)18-14-27;1-20-18-26(34-35(4)29)27(33-20)19-32-28(21-8-6-5-7-9-21,22-10-14-24(30-2)15-11-22)23-12-16-25(31-3)17-13-23;1-5(2)11-6-3-8(9)12-7(6)4-10;1-5(2,3)4(6)7/h6-18,23-24,30-34H,19-22H2,1-5H3;5-17,20,26-27H,18-19H2,1-4H3;5-8,10H,3-4H2,1-2H3;1-3H3/q2*+1;;/t24-,30?,31?,32+,33+,34+;20-,26?,27+;6?,7-,8-;/m001./s1. The summed E-state index contributed by atoms with van der Waals surface area (Å²) in [6, 6.07) is 50.9. The van der Waals surface area contributed by atoms with E-state index in [1.54, 1.807) is 55.9 Å². The molecular weight excluding hydrogens is 1340 g/mol. The van der Waals surface area contributed by atoms with Gasteiger partial charge in [0.2, 0.25) is 5.24 Å². The molecule has 1 N–H and O–H groups in total. The number of carbonyl (C=O) groups is 1. The molecule has 4 radical (unpaired) electrons. The van der Waals surface area contributed by atoms with Crippen molar-refractivity contribution in [2.24, 2.45) is 5.41 Å². The molecular formula is C76H99B2ClO19P2+2. The molecule has 0 bridgehead atoms. The number of aliphatic hydroxyl groups excluding tert-OH is 1. The molecule has 0 amide bonds. The Labute approximate surface area is 600 Å². The number of carbonyl (C=O) groups excluding carboxylic acids is 1. The van der Waals surface area contributed by atoms with Crippen LogP contribution in [0.1, 0.15) is 121 Å². The summed E-state index contributed by atoms with van der Waals surface area (Å²) in [6.07, 6.45) is -0.194. The van der Waals surface area contributed by atoms with Gasteiger partial charge in [0.05, 0.1) is 84.9 Å². The normalized spacial score (nSPS) is 23.9. The van der Waals surface area contributed by atoms with Crippen LogP contribution in [0.3, 0.4) is 0 Å². The number of ether oxygens (including phenoxy) is 12. The van der Waals surface area contributed by atoms with Crippen molar-refractivity contribution in [1.82, 2.24) is 0 Å². The molecule has 100 heavy (non-hydrogen) atoms. The zero-order valence-corrected chi connectivity index (χ0v) is 62.5. The second kappa shape index (κ2) is 39.3. The van der Waals surface area contributed by atoms with E-state index in [0.29, 0.717) is 25.7 Å². The quantitative estimate of drug-likeness (QED) is 0.0209. The van der Waals surface area contributed by atoms with Crippen LogP contribution >= 0.6 is 27.9 Å². The second-order valence-corrected chi connectivity index (χ2v) is 28.7. The van der Waals surface area contributed by atoms with Crippen molar-refractivity contribution in [3.05, 3.63) is 191 Å². The lowest BCUT2D eigenvalue weighted by molar-refractivity contribution is -0.118. The van der Waals surface area contributed by atoms with Crippen molar-refractivity contribution >= 4 is 48.8 Å². The topological polar surface area (TPSA) is 210 Å². The van der Waals surface area contributed by atoms with Crippen LogP contribution in [0.5, 0.6) is 23.0 Å². The summed E-state index contributed by atoms with van der Waals surface area (Å²) in [5, 5.41) is 8.62. The first-order chi connectivity index (χ1) is 47.7. The summed E-state index contributed by atoms with van der Waals surface area (Å²) >= 11 is 5.11. The molecule has 538 valence electrons. The summed E-state index contributed by atoms with van der Waals surface area (Å²) in [5.41, 5.74) is 3.25. The summed E-state index contributed by atoms with van der Waals surface area (Å²) in [5.74, 6) is 2.99. The van der Waals surface area contributed by atoms with E-state index in [1.807, 2.05) is 187 Å². The van der Waals surface area contributed by atoms with Gasteiger partial charge in [-0.25, -0.2) is 0 Å². The van der Waals surface area contributed by atoms with Gasteiger partial charge >= 0.3 is 16.3 Å². The van der Waals surface area contributed by atoms with E-state index in [1.165, 1.54) is 0 Å². The lowest BCUT2D eigenvalue weighted by Gasteiger charge is -2.37. The van der Waals surface area contributed by atoms with E-state index >= 15 is 0 Å². The van der Waals surface area contributed by atoms with Crippen LogP contribution in [0.25, 0.3) is 0 Å². The Balaban J connectivity index is 0.000000227. The van der Waals surface area contributed by atoms with Crippen LogP contribution in [0.4, 0.5) is 0 Å². The highest BCUT2D eigenvalue weighted by Gasteiger charge is 2.47. The van der Waals surface area contributed by atoms with Gasteiger partial charge in [-0.2, -0.15) is 0 Å². The molecule has 6 unspecified atom stereocenters. The van der Waals surface area contributed by atoms with E-state index in [4.69, 9.17) is 103 Å². The van der Waals surface area contributed by atoms with Crippen molar-refractivity contribution < 1.29 is 89.4 Å². The highest BCUT2D eigenvalue weighted by atomic mass is 35.5. The minimum absolute atomic E-state index is 0.00290. The Hall–Kier alpha value is -5.67. The number of hydrogen-bond donors (Lipinski definition) is 1. The van der Waals surface area contributed by atoms with E-state index in [2.05, 4.69) is 12.1 Å². The number of halogens is 1. The molecule has 4 aliphatic rings. The third kappa shape index (κ3) is 22.9. The average Bonchev–Trinajstić information content (AvgIpc) is 0.858. The van der Waals surface area contributed by atoms with Crippen molar-refractivity contribution in [3.8, 4) is 23.0 Å². The van der Waals surface area contributed by atoms with Crippen LogP contribution in [0, 0.1) is 5.41 Å². The minimum Gasteiger partial charge on any atom is -0.497 e. The third-order valence-corrected chi connectivity index (χ3v) is 19.0. The monoisotopic (exact) mass is 1430 g/mol. The Morgan fingerprint density at radius 2 is 0.800 bits per heavy atom. The number of rotatable bonds is 28. The molecule has 6 aromatic carbocycles. The summed E-state index contributed by atoms with van der Waals surface area (Å²) < 4.78 is 113. The number of methoxy groups -OCH3 is 4. The van der Waals surface area contributed by atoms with E-state index in [9.17, 15) is 13.9 Å². The molecule has 0 spiro atoms. The third-order valence-electron chi connectivity index (χ3n) is 17.0. The van der Waals surface area contributed by atoms with Crippen LogP contribution < -0.4 is 18.9 Å². The van der Waals surface area contributed by atoms with Crippen LogP contribution in [0.15, 0.2) is 158 Å². The van der Waals surface area contributed by atoms with Crippen molar-refractivity contribution in [2.75, 3.05) is 61.5 Å². The summed E-state index contributed by atoms with van der Waals surface area (Å²) in [6.45, 7) is 19.1. The maximum atomic E-state index is 13.1. The van der Waals surface area contributed by atoms with E-state index in [-0.39, 0.29) is 98.0 Å². The van der Waals surface area contributed by atoms with Crippen LogP contribution in [0.2, 0.25) is 0 Å². The first-order valence-electron chi connectivity index (χ1n) is 33.8. The fourth-order valence-electron chi connectivity index (χ4n) is 12.2. The van der Waals surface area contributed by atoms with Gasteiger partial charge in [-0.15, -0.1) is 13.6 Å². The lowest BCUT2D eigenvalue weighted by Crippen LogP contribution is -2.38. The maximum absolute atomic E-state index is 13.1. The smallest absolute Gasteiger partial charge is 0.497 e. The Morgan fingerprint density at radius 1 is 0.490 bits per heavy atom. The first-order valence-corrected chi connectivity index (χ1v) is 36.9. The highest BCUT2D eigenvalue weighted by molar-refractivity contribution is 7.38. The lowest BCUT2D eigenvalue weighted by atomic mass is 9.80. The van der Waals surface area contributed by atoms with Crippen molar-refractivity contribution in [2.45, 2.75) is 184 Å². The number of benzene rings is 6. The van der Waals surface area contributed by atoms with Gasteiger partial charge in [0.25, 0.3) is 0 Å². The summed E-state index contributed by atoms with van der Waals surface area (Å²) in [4.78, 5) is 10.2. The van der Waals surface area contributed by atoms with E-state index < -0.39 is 51.8 Å². The van der Waals surface area contributed by atoms with Crippen LogP contribution in [-0.4, -0.2) is 173 Å². The number of aliphatic hydroxyl groups is 1. The fraction of sp³-hybridized carbons (Fsp3) is 0.513. The highest BCUT2D eigenvalue weighted by Crippen LogP contribution is 2.46. The minimum atomic E-state index is -2.48. The van der Waals surface area contributed by atoms with Gasteiger partial charge in [-0.3, -0.25) is 4.79 Å². The zero-order valence-electron chi connectivity index (χ0n) is 60.0. The molecule has 0 aromatic heterocycles. The maximum Gasteiger partial charge on any atom is 0.697 e. The molecule has 24 heteroatoms. The number of hydrogen-bond acceptors (Lipinski definition) is 19. The molecule has 4 aliphatic heterocycles. The van der Waals surface area contributed by atoms with Crippen LogP contribution in [-0.2, 0) is 76.6 Å². The Bertz CT molecular complexity index is 3320. The van der Waals surface area contributed by atoms with Gasteiger partial charge in [0.15, 0.2) is 6.66 Å². The molecule has 4 saturated heterocycles. The largest absolute Gasteiger partial charge is 0.697 e. The molecule has 4 fully saturated rings. The molecule has 19 nitrogen and oxygen atoms in total. The SMILES string of the molecule is CC(C)(C)C(=O)Cl.COc1ccc(C(OC[C@H]2O[C@@H](C)CC2O[P+](C)=O)(c2ccccc2)c2ccc(OC)cc2)cc1.[B][C@H]1CC(OC(C)C)[C@@H](CO)O1.[B][C@H]1CC(OC(C)C)[C@@H](CO[P+](=O)OC2C[C@H](C)O[C@@H]2COC(c2ccccc2)(c2ccc(OC)cc2)c2ccc(OC)cc2)O1. The average molecular weight is 1440 g/mol. The molecule has 10 rings (SSSR count). The Morgan fingerprint density at radius 3 is 1.11 bits per heavy atom. The van der Waals surface area contributed by atoms with Crippen molar-refractivity contribution in [3.63, 3.8) is 0 Å². The molecule has 0 saturated carbocycles. The second-order valence-electron chi connectivity index (χ2n) is 26.4. The van der Waals surface area contributed by atoms with Gasteiger partial charge in [0, 0.05) is 34.8 Å². The molecule has 6 aromatic rings. The van der Waals surface area contributed by atoms with Gasteiger partial charge in [-0.05, 0) is 152 Å². The molecule has 14 atom stereocenters. The van der Waals surface area contributed by atoms with E-state index in [0.717, 1.165) is 56.4 Å².